The van der Waals surface area contributed by atoms with E-state index in [1.165, 1.54) is 30.6 Å². The molecular weight excluding hydrogens is 530 g/mol. The van der Waals surface area contributed by atoms with E-state index in [1.807, 2.05) is 6.92 Å². The van der Waals surface area contributed by atoms with Crippen LogP contribution in [0.15, 0.2) is 42.7 Å². The second kappa shape index (κ2) is 11.6. The van der Waals surface area contributed by atoms with Crippen molar-refractivity contribution in [1.82, 2.24) is 29.6 Å². The number of benzene rings is 1. The first-order valence-corrected chi connectivity index (χ1v) is 13.3. The molecule has 204 valence electrons. The summed E-state index contributed by atoms with van der Waals surface area (Å²) in [6.45, 7) is 3.40. The van der Waals surface area contributed by atoms with Gasteiger partial charge in [0.15, 0.2) is 11.6 Å². The van der Waals surface area contributed by atoms with Gasteiger partial charge in [0.2, 0.25) is 5.95 Å². The molecule has 0 aliphatic carbocycles. The number of fused-ring (bicyclic) bond motifs is 1. The summed E-state index contributed by atoms with van der Waals surface area (Å²) in [5.74, 6) is 0.287. The maximum atomic E-state index is 15.5. The van der Waals surface area contributed by atoms with Crippen molar-refractivity contribution in [3.05, 3.63) is 54.1 Å². The fourth-order valence-corrected chi connectivity index (χ4v) is 4.67. The van der Waals surface area contributed by atoms with Crippen molar-refractivity contribution in [2.45, 2.75) is 25.6 Å². The minimum Gasteiger partial charge on any atom is -0.760 e. The van der Waals surface area contributed by atoms with E-state index >= 15 is 4.39 Å². The second-order valence-electron chi connectivity index (χ2n) is 8.98. The number of nitrogens with two attached hydrogens (primary N) is 1. The van der Waals surface area contributed by atoms with Crippen LogP contribution in [0, 0.1) is 5.82 Å². The Labute approximate surface area is 225 Å². The third kappa shape index (κ3) is 5.83. The zero-order valence-corrected chi connectivity index (χ0v) is 21.7. The van der Waals surface area contributed by atoms with Crippen molar-refractivity contribution in [3.63, 3.8) is 0 Å². The molecule has 3 aromatic heterocycles. The number of nitrogens with one attached hydrogen (secondary N) is 1. The number of hydrogen-bond acceptors (Lipinski definition) is 10. The van der Waals surface area contributed by atoms with Gasteiger partial charge in [-0.3, -0.25) is 4.21 Å². The van der Waals surface area contributed by atoms with E-state index in [1.54, 1.807) is 12.1 Å². The Morgan fingerprint density at radius 1 is 1.23 bits per heavy atom. The predicted molar refractivity (Wildman–Crippen MR) is 141 cm³/mol. The molecule has 0 radical (unpaired) electrons. The number of morpholine rings is 1. The molecule has 3 unspecified atom stereocenters. The summed E-state index contributed by atoms with van der Waals surface area (Å²) >= 11 is -2.52. The number of aromatic nitrogens is 5. The maximum absolute atomic E-state index is 15.5. The minimum atomic E-state index is -2.52. The molecule has 3 atom stereocenters. The standard InChI is InChI=1S/C25H26F2N8O3S/c1-14-13-38-10-9-35(14)24-22-20(33-23(34-24)15-11-29-25(28)30-12-15)6-5-19(32-22)17-4-2-3-16(21(17)27)18(26)7-8-31-39(36)37/h2-6,11-12,14,18,31H,7-10,13H2,1H3,(H,36,37)(H2,28,29,30)/p-1. The van der Waals surface area contributed by atoms with Crippen molar-refractivity contribution in [2.24, 2.45) is 0 Å². The van der Waals surface area contributed by atoms with Crippen LogP contribution in [-0.4, -0.2) is 66.0 Å². The molecule has 0 spiro atoms. The lowest BCUT2D eigenvalue weighted by Gasteiger charge is -2.34. The first-order valence-electron chi connectivity index (χ1n) is 12.2. The van der Waals surface area contributed by atoms with Gasteiger partial charge in [-0.15, -0.1) is 0 Å². The fraction of sp³-hybridized carbons (Fsp3) is 0.320. The molecule has 0 amide bonds. The Kier molecular flexibility index (Phi) is 7.97. The van der Waals surface area contributed by atoms with Crippen molar-refractivity contribution < 1.29 is 22.3 Å². The van der Waals surface area contributed by atoms with E-state index in [4.69, 9.17) is 20.4 Å². The number of rotatable bonds is 8. The van der Waals surface area contributed by atoms with E-state index in [2.05, 4.69) is 24.6 Å². The van der Waals surface area contributed by atoms with Crippen LogP contribution in [0.25, 0.3) is 33.7 Å². The van der Waals surface area contributed by atoms with Gasteiger partial charge in [0.1, 0.15) is 17.5 Å². The quantitative estimate of drug-likeness (QED) is 0.310. The van der Waals surface area contributed by atoms with E-state index in [9.17, 15) is 13.2 Å². The molecule has 5 rings (SSSR count). The molecule has 0 bridgehead atoms. The van der Waals surface area contributed by atoms with Crippen LogP contribution in [0.3, 0.4) is 0 Å². The number of nitrogens with zero attached hydrogens (tertiary/aromatic N) is 6. The Bertz CT molecular complexity index is 1510. The van der Waals surface area contributed by atoms with Gasteiger partial charge in [0.25, 0.3) is 0 Å². The van der Waals surface area contributed by atoms with E-state index in [-0.39, 0.29) is 41.8 Å². The average molecular weight is 556 g/mol. The van der Waals surface area contributed by atoms with Crippen LogP contribution >= 0.6 is 0 Å². The van der Waals surface area contributed by atoms with Crippen LogP contribution < -0.4 is 15.4 Å². The van der Waals surface area contributed by atoms with Gasteiger partial charge < -0.3 is 19.9 Å². The van der Waals surface area contributed by atoms with Crippen LogP contribution in [0.4, 0.5) is 20.5 Å². The smallest absolute Gasteiger partial charge is 0.219 e. The first kappa shape index (κ1) is 26.9. The lowest BCUT2D eigenvalue weighted by atomic mass is 10.0. The molecule has 1 aromatic carbocycles. The third-order valence-corrected chi connectivity index (χ3v) is 6.79. The van der Waals surface area contributed by atoms with Gasteiger partial charge in [-0.2, -0.15) is 0 Å². The Balaban J connectivity index is 1.58. The largest absolute Gasteiger partial charge is 0.760 e. The summed E-state index contributed by atoms with van der Waals surface area (Å²) < 4.78 is 59.4. The summed E-state index contributed by atoms with van der Waals surface area (Å²) in [6.07, 6.45) is 1.15. The van der Waals surface area contributed by atoms with Gasteiger partial charge in [-0.1, -0.05) is 12.1 Å². The molecular formula is C25H25F2N8O3S-. The van der Waals surface area contributed by atoms with Crippen molar-refractivity contribution in [3.8, 4) is 22.6 Å². The lowest BCUT2D eigenvalue weighted by Crippen LogP contribution is -2.44. The Hall–Kier alpha value is -3.72. The SMILES string of the molecule is CC1COCCN1c1nc(-c2cnc(N)nc2)nc2ccc(-c3cccc(C(F)CCNS(=O)[O-])c3F)nc12. The summed E-state index contributed by atoms with van der Waals surface area (Å²) in [6, 6.07) is 7.70. The highest BCUT2D eigenvalue weighted by molar-refractivity contribution is 7.77. The second-order valence-corrected chi connectivity index (χ2v) is 9.73. The fourth-order valence-electron chi connectivity index (χ4n) is 4.39. The molecule has 1 saturated heterocycles. The average Bonchev–Trinajstić information content (AvgIpc) is 2.93. The molecule has 3 N–H and O–H groups in total. The van der Waals surface area contributed by atoms with Crippen molar-refractivity contribution in [2.75, 3.05) is 36.9 Å². The zero-order valence-electron chi connectivity index (χ0n) is 20.9. The molecule has 1 aliphatic heterocycles. The summed E-state index contributed by atoms with van der Waals surface area (Å²) in [5.41, 5.74) is 7.38. The van der Waals surface area contributed by atoms with Crippen LogP contribution in [0.1, 0.15) is 25.1 Å². The number of halogens is 2. The van der Waals surface area contributed by atoms with Gasteiger partial charge in [0, 0.05) is 47.9 Å². The molecule has 1 fully saturated rings. The zero-order chi connectivity index (χ0) is 27.5. The highest BCUT2D eigenvalue weighted by Gasteiger charge is 2.25. The highest BCUT2D eigenvalue weighted by Crippen LogP contribution is 2.34. The van der Waals surface area contributed by atoms with Gasteiger partial charge in [-0.05, 0) is 31.5 Å². The summed E-state index contributed by atoms with van der Waals surface area (Å²) in [5, 5.41) is 0. The minimum absolute atomic E-state index is 0.0118. The van der Waals surface area contributed by atoms with Gasteiger partial charge in [-0.25, -0.2) is 38.4 Å². The maximum Gasteiger partial charge on any atom is 0.219 e. The number of nitrogen functional groups attached to an aromatic ring is 1. The van der Waals surface area contributed by atoms with Crippen molar-refractivity contribution in [1.29, 1.82) is 0 Å². The molecule has 39 heavy (non-hydrogen) atoms. The Morgan fingerprint density at radius 3 is 2.77 bits per heavy atom. The molecule has 4 aromatic rings. The van der Waals surface area contributed by atoms with Crippen LogP contribution in [0.2, 0.25) is 0 Å². The number of hydrogen-bond donors (Lipinski definition) is 2. The summed E-state index contributed by atoms with van der Waals surface area (Å²) in [4.78, 5) is 24.3. The molecule has 14 heteroatoms. The number of alkyl halides is 1. The lowest BCUT2D eigenvalue weighted by molar-refractivity contribution is 0.0987. The number of pyridine rings is 1. The first-order chi connectivity index (χ1) is 18.8. The number of anilines is 2. The van der Waals surface area contributed by atoms with E-state index in [0.717, 1.165) is 0 Å². The van der Waals surface area contributed by atoms with Gasteiger partial charge in [0.05, 0.1) is 36.0 Å². The van der Waals surface area contributed by atoms with Crippen LogP contribution in [0.5, 0.6) is 0 Å². The predicted octanol–water partition coefficient (Wildman–Crippen LogP) is 2.88. The topological polar surface area (TPSA) is 155 Å². The third-order valence-electron chi connectivity index (χ3n) is 6.35. The normalized spacial score (nSPS) is 17.3. The molecule has 4 heterocycles. The van der Waals surface area contributed by atoms with Crippen molar-refractivity contribution >= 4 is 34.1 Å². The molecule has 1 aliphatic rings. The van der Waals surface area contributed by atoms with Crippen LogP contribution in [-0.2, 0) is 16.0 Å². The van der Waals surface area contributed by atoms with E-state index in [0.29, 0.717) is 48.0 Å². The number of ether oxygens (including phenoxy) is 1. The highest BCUT2D eigenvalue weighted by atomic mass is 32.2. The Morgan fingerprint density at radius 2 is 2.03 bits per heavy atom. The molecule has 0 saturated carbocycles. The molecule has 11 nitrogen and oxygen atoms in total. The van der Waals surface area contributed by atoms with Gasteiger partial charge >= 0.3 is 0 Å². The van der Waals surface area contributed by atoms with E-state index < -0.39 is 23.3 Å². The monoisotopic (exact) mass is 555 g/mol. The summed E-state index contributed by atoms with van der Waals surface area (Å²) in [7, 11) is 0.